The van der Waals surface area contributed by atoms with E-state index >= 15 is 0 Å². The van der Waals surface area contributed by atoms with Crippen LogP contribution in [0.25, 0.3) is 44.2 Å². The van der Waals surface area contributed by atoms with E-state index in [1.54, 1.807) is 43.4 Å². The van der Waals surface area contributed by atoms with Gasteiger partial charge in [0, 0.05) is 59.3 Å². The van der Waals surface area contributed by atoms with Gasteiger partial charge < -0.3 is 9.88 Å². The van der Waals surface area contributed by atoms with Gasteiger partial charge in [0.05, 0.1) is 10.6 Å². The Labute approximate surface area is 250 Å². The van der Waals surface area contributed by atoms with Crippen LogP contribution in [0.1, 0.15) is 23.2 Å². The van der Waals surface area contributed by atoms with Crippen LogP contribution < -0.4 is 4.31 Å². The molecule has 1 aliphatic rings. The van der Waals surface area contributed by atoms with Crippen molar-refractivity contribution in [3.8, 4) is 22.3 Å². The number of rotatable bonds is 6. The normalized spacial score (nSPS) is 13.6. The number of nitrogens with zero attached hydrogens (tertiary/aromatic N) is 3. The summed E-state index contributed by atoms with van der Waals surface area (Å²) in [5, 5.41) is 1.78. The van der Waals surface area contributed by atoms with Gasteiger partial charge in [-0.3, -0.25) is 9.10 Å². The van der Waals surface area contributed by atoms with E-state index in [0.29, 0.717) is 16.9 Å². The van der Waals surface area contributed by atoms with E-state index in [2.05, 4.69) is 17.1 Å². The molecule has 2 aromatic heterocycles. The molecule has 7 rings (SSSR count). The third kappa shape index (κ3) is 4.73. The predicted octanol–water partition coefficient (Wildman–Crippen LogP) is 7.11. The Kier molecular flexibility index (Phi) is 6.70. The van der Waals surface area contributed by atoms with Crippen LogP contribution in [0.3, 0.4) is 0 Å². The number of pyridine rings is 1. The van der Waals surface area contributed by atoms with Crippen LogP contribution in [-0.4, -0.2) is 49.3 Å². The lowest BCUT2D eigenvalue weighted by Gasteiger charge is -2.20. The lowest BCUT2D eigenvalue weighted by atomic mass is 9.92. The molecule has 0 atom stereocenters. The highest BCUT2D eigenvalue weighted by Crippen LogP contribution is 2.41. The van der Waals surface area contributed by atoms with Gasteiger partial charge >= 0.3 is 0 Å². The Bertz CT molecular complexity index is 2070. The maximum atomic E-state index is 13.4. The van der Waals surface area contributed by atoms with Gasteiger partial charge in [-0.25, -0.2) is 13.4 Å². The van der Waals surface area contributed by atoms with Gasteiger partial charge in [-0.05, 0) is 66.4 Å². The van der Waals surface area contributed by atoms with Gasteiger partial charge in [0.1, 0.15) is 5.65 Å². The first-order valence-electron chi connectivity index (χ1n) is 14.4. The quantitative estimate of drug-likeness (QED) is 0.225. The number of aromatic amines is 1. The summed E-state index contributed by atoms with van der Waals surface area (Å²) in [6.45, 7) is 1.62. The lowest BCUT2D eigenvalue weighted by molar-refractivity contribution is 0.0793. The van der Waals surface area contributed by atoms with Gasteiger partial charge in [-0.2, -0.15) is 0 Å². The molecule has 7 nitrogen and oxygen atoms in total. The molecule has 1 fully saturated rings. The largest absolute Gasteiger partial charge is 0.339 e. The molecule has 0 radical (unpaired) electrons. The molecule has 1 saturated heterocycles. The molecule has 0 aliphatic carbocycles. The van der Waals surface area contributed by atoms with Crippen LogP contribution in [0.2, 0.25) is 0 Å². The van der Waals surface area contributed by atoms with Gasteiger partial charge in [0.25, 0.3) is 15.9 Å². The van der Waals surface area contributed by atoms with Crippen LogP contribution in [0.5, 0.6) is 0 Å². The topological polar surface area (TPSA) is 86.4 Å². The predicted molar refractivity (Wildman–Crippen MR) is 172 cm³/mol. The molecular formula is C35H30N4O3S. The highest BCUT2D eigenvalue weighted by Gasteiger charge is 2.24. The summed E-state index contributed by atoms with van der Waals surface area (Å²) < 4.78 is 28.2. The molecule has 214 valence electrons. The third-order valence-electron chi connectivity index (χ3n) is 8.27. The molecule has 1 aliphatic heterocycles. The van der Waals surface area contributed by atoms with Crippen molar-refractivity contribution in [2.24, 2.45) is 0 Å². The fourth-order valence-corrected chi connectivity index (χ4v) is 7.16. The maximum absolute atomic E-state index is 13.4. The van der Waals surface area contributed by atoms with Crippen LogP contribution in [0.15, 0.2) is 114 Å². The Morgan fingerprint density at radius 3 is 2.21 bits per heavy atom. The van der Waals surface area contributed by atoms with E-state index in [-0.39, 0.29) is 10.8 Å². The number of nitrogens with one attached hydrogen (secondary N) is 1. The zero-order valence-electron chi connectivity index (χ0n) is 23.7. The van der Waals surface area contributed by atoms with Crippen molar-refractivity contribution < 1.29 is 13.2 Å². The second-order valence-electron chi connectivity index (χ2n) is 10.9. The number of carbonyl (C=O) groups is 1. The molecule has 0 spiro atoms. The number of amides is 1. The molecule has 6 aromatic rings. The third-order valence-corrected chi connectivity index (χ3v) is 10.1. The number of hydrogen-bond donors (Lipinski definition) is 1. The lowest BCUT2D eigenvalue weighted by Crippen LogP contribution is -2.27. The summed E-state index contributed by atoms with van der Waals surface area (Å²) in [5.41, 5.74) is 6.67. The van der Waals surface area contributed by atoms with Crippen molar-refractivity contribution in [3.05, 3.63) is 115 Å². The molecule has 1 N–H and O–H groups in total. The summed E-state index contributed by atoms with van der Waals surface area (Å²) >= 11 is 0. The highest BCUT2D eigenvalue weighted by atomic mass is 32.2. The fraction of sp³-hybridized carbons (Fsp3) is 0.143. The van der Waals surface area contributed by atoms with Gasteiger partial charge in [-0.1, -0.05) is 60.7 Å². The van der Waals surface area contributed by atoms with Crippen LogP contribution in [0.4, 0.5) is 5.69 Å². The van der Waals surface area contributed by atoms with E-state index in [1.807, 2.05) is 65.7 Å². The molecule has 8 heteroatoms. The number of sulfonamides is 1. The molecule has 1 amide bonds. The summed E-state index contributed by atoms with van der Waals surface area (Å²) in [7, 11) is -2.18. The number of carbonyl (C=O) groups excluding carboxylic acids is 1. The minimum Gasteiger partial charge on any atom is -0.339 e. The molecular weight excluding hydrogens is 556 g/mol. The number of anilines is 1. The van der Waals surface area contributed by atoms with Crippen molar-refractivity contribution in [1.82, 2.24) is 14.9 Å². The SMILES string of the molecule is CN(c1ccc2[nH]c3ncc(-c4ccc(C(=O)N5CCCC5)cc4)c(-c4ccccc4)c3c2c1)S(=O)(=O)c1ccccc1. The van der Waals surface area contributed by atoms with Crippen molar-refractivity contribution >= 4 is 43.6 Å². The van der Waals surface area contributed by atoms with E-state index < -0.39 is 10.0 Å². The number of aromatic nitrogens is 2. The Hall–Kier alpha value is -4.95. The molecule has 0 unspecified atom stereocenters. The fourth-order valence-electron chi connectivity index (χ4n) is 5.95. The molecule has 3 heterocycles. The van der Waals surface area contributed by atoms with Crippen LogP contribution in [-0.2, 0) is 10.0 Å². The van der Waals surface area contributed by atoms with E-state index in [1.165, 1.54) is 4.31 Å². The van der Waals surface area contributed by atoms with Crippen molar-refractivity contribution in [3.63, 3.8) is 0 Å². The first kappa shape index (κ1) is 26.9. The minimum absolute atomic E-state index is 0.0691. The first-order valence-corrected chi connectivity index (χ1v) is 15.8. The average Bonchev–Trinajstić information content (AvgIpc) is 3.73. The smallest absolute Gasteiger partial charge is 0.264 e. The first-order chi connectivity index (χ1) is 20.9. The number of benzene rings is 4. The second-order valence-corrected chi connectivity index (χ2v) is 12.8. The van der Waals surface area contributed by atoms with Crippen LogP contribution in [0, 0.1) is 0 Å². The standard InChI is InChI=1S/C35H30N4O3S/c1-38(43(41,42)28-12-6-3-7-13-28)27-18-19-31-29(22-27)33-32(25-10-4-2-5-11-25)30(23-36-34(33)37-31)24-14-16-26(17-15-24)35(40)39-20-8-9-21-39/h2-7,10-19,22-23H,8-9,20-21H2,1H3,(H,36,37). The number of likely N-dealkylation sites (tertiary alicyclic amines) is 1. The Balaban J connectivity index is 1.38. The Morgan fingerprint density at radius 1 is 0.837 bits per heavy atom. The molecule has 0 saturated carbocycles. The second kappa shape index (κ2) is 10.7. The maximum Gasteiger partial charge on any atom is 0.264 e. The van der Waals surface area contributed by atoms with Gasteiger partial charge in [-0.15, -0.1) is 0 Å². The molecule has 0 bridgehead atoms. The van der Waals surface area contributed by atoms with E-state index in [0.717, 1.165) is 64.5 Å². The number of fused-ring (bicyclic) bond motifs is 3. The van der Waals surface area contributed by atoms with E-state index in [4.69, 9.17) is 4.98 Å². The molecule has 43 heavy (non-hydrogen) atoms. The summed E-state index contributed by atoms with van der Waals surface area (Å²) in [6, 6.07) is 31.9. The van der Waals surface area contributed by atoms with E-state index in [9.17, 15) is 13.2 Å². The van der Waals surface area contributed by atoms with Crippen molar-refractivity contribution in [2.45, 2.75) is 17.7 Å². The monoisotopic (exact) mass is 586 g/mol. The zero-order valence-corrected chi connectivity index (χ0v) is 24.5. The average molecular weight is 587 g/mol. The van der Waals surface area contributed by atoms with Crippen molar-refractivity contribution in [2.75, 3.05) is 24.4 Å². The van der Waals surface area contributed by atoms with Crippen molar-refractivity contribution in [1.29, 1.82) is 0 Å². The van der Waals surface area contributed by atoms with Crippen LogP contribution >= 0.6 is 0 Å². The van der Waals surface area contributed by atoms with Gasteiger partial charge in [0.15, 0.2) is 0 Å². The summed E-state index contributed by atoms with van der Waals surface area (Å²) in [5.74, 6) is 0.0691. The number of H-pyrrole nitrogens is 1. The summed E-state index contributed by atoms with van der Waals surface area (Å²) in [4.78, 5) is 23.4. The summed E-state index contributed by atoms with van der Waals surface area (Å²) in [6.07, 6.45) is 3.97. The molecule has 4 aromatic carbocycles. The zero-order chi connectivity index (χ0) is 29.6. The Morgan fingerprint density at radius 2 is 1.51 bits per heavy atom. The number of hydrogen-bond acceptors (Lipinski definition) is 4. The minimum atomic E-state index is -3.75. The van der Waals surface area contributed by atoms with Gasteiger partial charge in [0.2, 0.25) is 0 Å². The highest BCUT2D eigenvalue weighted by molar-refractivity contribution is 7.92.